The molecule has 1 N–H and O–H groups in total. The van der Waals surface area contributed by atoms with Gasteiger partial charge in [0, 0.05) is 0 Å². The standard InChI is InChI=1S/C11H16O.Li.H/c1-2-3-4-5-10-6-8-11(12)9-7-10;;/h6-9,12H,2-5H2,1H3;;/q;+1;-1. The smallest absolute Gasteiger partial charge is 1.00 e. The summed E-state index contributed by atoms with van der Waals surface area (Å²) in [4.78, 5) is 0. The molecular weight excluding hydrogens is 155 g/mol. The number of aromatic hydroxyl groups is 1. The SMILES string of the molecule is CCCCCc1ccc(O)cc1.[H-].[Li+]. The Morgan fingerprint density at radius 2 is 1.77 bits per heavy atom. The van der Waals surface area contributed by atoms with E-state index in [9.17, 15) is 0 Å². The van der Waals surface area contributed by atoms with Crippen LogP contribution in [0.4, 0.5) is 0 Å². The quantitative estimate of drug-likeness (QED) is 0.509. The van der Waals surface area contributed by atoms with E-state index in [1.54, 1.807) is 12.1 Å². The van der Waals surface area contributed by atoms with Crippen molar-refractivity contribution in [2.24, 2.45) is 0 Å². The minimum absolute atomic E-state index is 0. The van der Waals surface area contributed by atoms with Gasteiger partial charge in [0.2, 0.25) is 0 Å². The molecule has 1 aromatic carbocycles. The van der Waals surface area contributed by atoms with Crippen LogP contribution in [0.1, 0.15) is 33.2 Å². The van der Waals surface area contributed by atoms with Gasteiger partial charge in [-0.1, -0.05) is 31.9 Å². The third-order valence-corrected chi connectivity index (χ3v) is 2.01. The first kappa shape index (κ1) is 12.6. The van der Waals surface area contributed by atoms with Crippen molar-refractivity contribution in [3.63, 3.8) is 0 Å². The van der Waals surface area contributed by atoms with Crippen molar-refractivity contribution in [2.45, 2.75) is 32.6 Å². The molecule has 0 unspecified atom stereocenters. The van der Waals surface area contributed by atoms with Gasteiger partial charge in [0.15, 0.2) is 0 Å². The maximum Gasteiger partial charge on any atom is 1.00 e. The number of aryl methyl sites for hydroxylation is 1. The van der Waals surface area contributed by atoms with E-state index in [1.165, 1.54) is 24.8 Å². The van der Waals surface area contributed by atoms with Crippen LogP contribution in [0, 0.1) is 0 Å². The first-order valence-electron chi connectivity index (χ1n) is 4.61. The van der Waals surface area contributed by atoms with E-state index in [4.69, 9.17) is 5.11 Å². The monoisotopic (exact) mass is 172 g/mol. The second-order valence-electron chi connectivity index (χ2n) is 3.12. The van der Waals surface area contributed by atoms with Crippen LogP contribution >= 0.6 is 0 Å². The number of benzene rings is 1. The summed E-state index contributed by atoms with van der Waals surface area (Å²) < 4.78 is 0. The van der Waals surface area contributed by atoms with Crippen LogP contribution in [0.3, 0.4) is 0 Å². The molecule has 0 aliphatic rings. The summed E-state index contributed by atoms with van der Waals surface area (Å²) in [7, 11) is 0. The Morgan fingerprint density at radius 3 is 2.31 bits per heavy atom. The summed E-state index contributed by atoms with van der Waals surface area (Å²) in [6.07, 6.45) is 4.94. The van der Waals surface area contributed by atoms with Crippen molar-refractivity contribution in [1.29, 1.82) is 0 Å². The van der Waals surface area contributed by atoms with Gasteiger partial charge < -0.3 is 6.53 Å². The van der Waals surface area contributed by atoms with Gasteiger partial charge in [-0.3, -0.25) is 0 Å². The van der Waals surface area contributed by atoms with Gasteiger partial charge in [0.25, 0.3) is 0 Å². The summed E-state index contributed by atoms with van der Waals surface area (Å²) in [6, 6.07) is 7.48. The zero-order valence-corrected chi connectivity index (χ0v) is 8.59. The largest absolute Gasteiger partial charge is 1.00 e. The number of phenols is 1. The van der Waals surface area contributed by atoms with E-state index in [-0.39, 0.29) is 20.3 Å². The number of unbranched alkanes of at least 4 members (excludes halogenated alkanes) is 2. The van der Waals surface area contributed by atoms with Crippen LogP contribution < -0.4 is 18.9 Å². The van der Waals surface area contributed by atoms with Gasteiger partial charge in [-0.05, 0) is 30.5 Å². The van der Waals surface area contributed by atoms with E-state index in [1.807, 2.05) is 12.1 Å². The molecule has 0 fully saturated rings. The van der Waals surface area contributed by atoms with Gasteiger partial charge in [-0.15, -0.1) is 0 Å². The van der Waals surface area contributed by atoms with Crippen molar-refractivity contribution < 1.29 is 25.4 Å². The summed E-state index contributed by atoms with van der Waals surface area (Å²) in [5, 5.41) is 9.03. The minimum atomic E-state index is 0. The molecule has 0 aromatic heterocycles. The van der Waals surface area contributed by atoms with E-state index < -0.39 is 0 Å². The van der Waals surface area contributed by atoms with Crippen molar-refractivity contribution in [2.75, 3.05) is 0 Å². The molecule has 13 heavy (non-hydrogen) atoms. The van der Waals surface area contributed by atoms with Crippen LogP contribution in [0.15, 0.2) is 24.3 Å². The van der Waals surface area contributed by atoms with Crippen molar-refractivity contribution in [1.82, 2.24) is 0 Å². The Morgan fingerprint density at radius 1 is 1.15 bits per heavy atom. The number of rotatable bonds is 4. The predicted octanol–water partition coefficient (Wildman–Crippen LogP) is 0.241. The molecule has 2 heteroatoms. The van der Waals surface area contributed by atoms with Crippen LogP contribution in [0.25, 0.3) is 0 Å². The van der Waals surface area contributed by atoms with Gasteiger partial charge in [-0.25, -0.2) is 0 Å². The fraction of sp³-hybridized carbons (Fsp3) is 0.455. The molecule has 0 bridgehead atoms. The van der Waals surface area contributed by atoms with Gasteiger partial charge in [0.05, 0.1) is 0 Å². The first-order chi connectivity index (χ1) is 5.83. The molecule has 1 rings (SSSR count). The first-order valence-corrected chi connectivity index (χ1v) is 4.61. The summed E-state index contributed by atoms with van der Waals surface area (Å²) in [5.41, 5.74) is 1.32. The average molecular weight is 172 g/mol. The second kappa shape index (κ2) is 7.06. The molecule has 0 heterocycles. The van der Waals surface area contributed by atoms with Gasteiger partial charge in [-0.2, -0.15) is 0 Å². The fourth-order valence-corrected chi connectivity index (χ4v) is 1.24. The molecule has 0 atom stereocenters. The molecule has 0 saturated carbocycles. The van der Waals surface area contributed by atoms with Crippen molar-refractivity contribution >= 4 is 0 Å². The van der Waals surface area contributed by atoms with Crippen LogP contribution in [0.5, 0.6) is 5.75 Å². The molecule has 0 radical (unpaired) electrons. The topological polar surface area (TPSA) is 20.2 Å². The Kier molecular flexibility index (Phi) is 6.85. The third kappa shape index (κ3) is 5.03. The second-order valence-corrected chi connectivity index (χ2v) is 3.12. The Bertz CT molecular complexity index is 223. The summed E-state index contributed by atoms with van der Waals surface area (Å²) >= 11 is 0. The molecule has 1 aromatic rings. The summed E-state index contributed by atoms with van der Waals surface area (Å²) in [5.74, 6) is 0.356. The van der Waals surface area contributed by atoms with Crippen molar-refractivity contribution in [3.05, 3.63) is 29.8 Å². The number of hydrogen-bond donors (Lipinski definition) is 1. The predicted molar refractivity (Wildman–Crippen MR) is 52.4 cm³/mol. The van der Waals surface area contributed by atoms with E-state index >= 15 is 0 Å². The van der Waals surface area contributed by atoms with E-state index in [0.717, 1.165) is 6.42 Å². The molecule has 0 amide bonds. The molecule has 0 spiro atoms. The van der Waals surface area contributed by atoms with Crippen LogP contribution in [0.2, 0.25) is 0 Å². The van der Waals surface area contributed by atoms with Crippen LogP contribution in [-0.2, 0) is 6.42 Å². The third-order valence-electron chi connectivity index (χ3n) is 2.01. The Balaban J connectivity index is 0. The molecule has 68 valence electrons. The normalized spacial score (nSPS) is 9.31. The average Bonchev–Trinajstić information content (AvgIpc) is 2.09. The number of hydrogen-bond acceptors (Lipinski definition) is 1. The molecule has 1 nitrogen and oxygen atoms in total. The maximum absolute atomic E-state index is 9.03. The molecule has 0 saturated heterocycles. The Labute approximate surface area is 93.8 Å². The molecule has 0 aliphatic heterocycles. The van der Waals surface area contributed by atoms with Gasteiger partial charge >= 0.3 is 18.9 Å². The van der Waals surface area contributed by atoms with E-state index in [0.29, 0.717) is 5.75 Å². The van der Waals surface area contributed by atoms with Crippen LogP contribution in [-0.4, -0.2) is 5.11 Å². The van der Waals surface area contributed by atoms with Gasteiger partial charge in [0.1, 0.15) is 5.75 Å². The van der Waals surface area contributed by atoms with E-state index in [2.05, 4.69) is 6.92 Å². The molecule has 0 aliphatic carbocycles. The fourth-order valence-electron chi connectivity index (χ4n) is 1.24. The number of phenolic OH excluding ortho intramolecular Hbond substituents is 1. The molecular formula is C11H17LiO. The van der Waals surface area contributed by atoms with Crippen molar-refractivity contribution in [3.8, 4) is 5.75 Å². The zero-order chi connectivity index (χ0) is 8.81. The minimum Gasteiger partial charge on any atom is -1.00 e. The maximum atomic E-state index is 9.03. The summed E-state index contributed by atoms with van der Waals surface area (Å²) in [6.45, 7) is 2.21. The Hall–Kier alpha value is -0.383. The zero-order valence-electron chi connectivity index (χ0n) is 9.59.